The van der Waals surface area contributed by atoms with E-state index in [1.807, 2.05) is 13.8 Å². The zero-order chi connectivity index (χ0) is 17.1. The summed E-state index contributed by atoms with van der Waals surface area (Å²) >= 11 is 0. The lowest BCUT2D eigenvalue weighted by atomic mass is 10.0. The summed E-state index contributed by atoms with van der Waals surface area (Å²) in [6.45, 7) is 5.84. The number of benzene rings is 1. The predicted molar refractivity (Wildman–Crippen MR) is 92.3 cm³/mol. The number of non-ortho nitro benzene ring substituents is 1. The van der Waals surface area contributed by atoms with Crippen molar-refractivity contribution in [3.63, 3.8) is 0 Å². The van der Waals surface area contributed by atoms with E-state index in [2.05, 4.69) is 0 Å². The summed E-state index contributed by atoms with van der Waals surface area (Å²) in [6, 6.07) is 3.74. The molecular weight excluding hydrogens is 342 g/mol. The maximum Gasteiger partial charge on any atom is 0.270 e. The number of sulfonamides is 1. The van der Waals surface area contributed by atoms with Gasteiger partial charge in [-0.05, 0) is 24.8 Å². The van der Waals surface area contributed by atoms with Crippen LogP contribution < -0.4 is 5.73 Å². The van der Waals surface area contributed by atoms with Crippen molar-refractivity contribution in [3.8, 4) is 0 Å². The van der Waals surface area contributed by atoms with Crippen molar-refractivity contribution in [3.05, 3.63) is 33.9 Å². The number of hydrogen-bond donors (Lipinski definition) is 1. The van der Waals surface area contributed by atoms with Gasteiger partial charge in [-0.2, -0.15) is 0 Å². The third-order valence-electron chi connectivity index (χ3n) is 3.70. The summed E-state index contributed by atoms with van der Waals surface area (Å²) < 4.78 is 26.3. The van der Waals surface area contributed by atoms with Gasteiger partial charge in [-0.15, -0.1) is 12.4 Å². The minimum Gasteiger partial charge on any atom is -0.327 e. The molecule has 1 rings (SSSR count). The summed E-state index contributed by atoms with van der Waals surface area (Å²) in [5, 5.41) is 10.8. The molecule has 0 aliphatic rings. The molecule has 0 radical (unpaired) electrons. The molecule has 0 aromatic heterocycles. The van der Waals surface area contributed by atoms with E-state index in [0.717, 1.165) is 6.07 Å². The number of hydrogen-bond acceptors (Lipinski definition) is 5. The average molecular weight is 366 g/mol. The Hall–Kier alpha value is -1.22. The van der Waals surface area contributed by atoms with Crippen molar-refractivity contribution >= 4 is 28.1 Å². The molecule has 132 valence electrons. The zero-order valence-electron chi connectivity index (χ0n) is 13.7. The van der Waals surface area contributed by atoms with Crippen LogP contribution >= 0.6 is 12.4 Å². The lowest BCUT2D eigenvalue weighted by Gasteiger charge is -2.22. The highest BCUT2D eigenvalue weighted by atomic mass is 35.5. The maximum absolute atomic E-state index is 12.6. The molecule has 1 aromatic carbocycles. The van der Waals surface area contributed by atoms with Crippen molar-refractivity contribution in [2.24, 2.45) is 11.7 Å². The number of nitro benzene ring substituents is 1. The largest absolute Gasteiger partial charge is 0.327 e. The molecule has 1 unspecified atom stereocenters. The van der Waals surface area contributed by atoms with E-state index in [1.165, 1.54) is 23.5 Å². The molecule has 0 saturated heterocycles. The molecule has 0 saturated carbocycles. The van der Waals surface area contributed by atoms with Crippen LogP contribution in [0.5, 0.6) is 0 Å². The third-order valence-corrected chi connectivity index (χ3v) is 5.70. The Bertz CT molecular complexity index is 649. The molecule has 1 atom stereocenters. The molecule has 0 spiro atoms. The Morgan fingerprint density at radius 2 is 1.91 bits per heavy atom. The number of nitro groups is 1. The van der Waals surface area contributed by atoms with E-state index >= 15 is 0 Å². The first-order valence-electron chi connectivity index (χ1n) is 7.04. The van der Waals surface area contributed by atoms with Gasteiger partial charge in [0, 0.05) is 31.8 Å². The van der Waals surface area contributed by atoms with E-state index in [0.29, 0.717) is 12.0 Å². The first-order chi connectivity index (χ1) is 10.1. The van der Waals surface area contributed by atoms with Crippen LogP contribution in [0.4, 0.5) is 5.69 Å². The molecule has 1 aromatic rings. The number of aryl methyl sites for hydroxylation is 1. The molecule has 0 aliphatic heterocycles. The lowest BCUT2D eigenvalue weighted by Crippen LogP contribution is -2.34. The monoisotopic (exact) mass is 365 g/mol. The number of nitrogens with two attached hydrogens (primary N) is 1. The summed E-state index contributed by atoms with van der Waals surface area (Å²) in [5.41, 5.74) is 6.17. The van der Waals surface area contributed by atoms with Crippen molar-refractivity contribution in [1.82, 2.24) is 4.31 Å². The van der Waals surface area contributed by atoms with E-state index in [9.17, 15) is 18.5 Å². The quantitative estimate of drug-likeness (QED) is 0.589. The van der Waals surface area contributed by atoms with E-state index in [4.69, 9.17) is 5.73 Å². The molecule has 0 heterocycles. The summed E-state index contributed by atoms with van der Waals surface area (Å²) in [6.07, 6.45) is 0.529. The van der Waals surface area contributed by atoms with Gasteiger partial charge in [0.1, 0.15) is 0 Å². The first kappa shape index (κ1) is 21.8. The first-order valence-corrected chi connectivity index (χ1v) is 8.48. The van der Waals surface area contributed by atoms with Gasteiger partial charge >= 0.3 is 0 Å². The molecule has 0 aliphatic carbocycles. The normalized spacial score (nSPS) is 13.0. The fourth-order valence-corrected chi connectivity index (χ4v) is 3.36. The fraction of sp³-hybridized carbons (Fsp3) is 0.571. The third kappa shape index (κ3) is 5.42. The number of rotatable bonds is 7. The van der Waals surface area contributed by atoms with Gasteiger partial charge in [0.2, 0.25) is 10.0 Å². The Balaban J connectivity index is 0.00000484. The van der Waals surface area contributed by atoms with Crippen LogP contribution in [0.2, 0.25) is 0 Å². The van der Waals surface area contributed by atoms with Crippen LogP contribution in [0.1, 0.15) is 25.8 Å². The highest BCUT2D eigenvalue weighted by Gasteiger charge is 2.25. The van der Waals surface area contributed by atoms with Gasteiger partial charge in [0.05, 0.1) is 9.82 Å². The summed E-state index contributed by atoms with van der Waals surface area (Å²) in [7, 11) is -2.31. The fourth-order valence-electron chi connectivity index (χ4n) is 1.93. The van der Waals surface area contributed by atoms with Crippen LogP contribution in [0.3, 0.4) is 0 Å². The van der Waals surface area contributed by atoms with Gasteiger partial charge in [-0.3, -0.25) is 10.1 Å². The molecule has 23 heavy (non-hydrogen) atoms. The molecule has 0 fully saturated rings. The van der Waals surface area contributed by atoms with Crippen molar-refractivity contribution < 1.29 is 13.3 Å². The van der Waals surface area contributed by atoms with Crippen molar-refractivity contribution in [2.75, 3.05) is 13.6 Å². The molecule has 0 amide bonds. The van der Waals surface area contributed by atoms with Gasteiger partial charge in [0.15, 0.2) is 0 Å². The highest BCUT2D eigenvalue weighted by Crippen LogP contribution is 2.24. The molecule has 9 heteroatoms. The Labute approximate surface area is 143 Å². The minimum atomic E-state index is -3.77. The maximum atomic E-state index is 12.6. The smallest absolute Gasteiger partial charge is 0.270 e. The number of halogens is 1. The van der Waals surface area contributed by atoms with Crippen LogP contribution in [0.15, 0.2) is 23.1 Å². The standard InChI is InChI=1S/C14H23N3O4S.ClH/c1-10(2)13(15)7-8-16(4)22(20,21)14-9-12(17(18)19)6-5-11(14)3;/h5-6,9-10,13H,7-8,15H2,1-4H3;1H. The zero-order valence-corrected chi connectivity index (χ0v) is 15.4. The van der Waals surface area contributed by atoms with E-state index < -0.39 is 14.9 Å². The topological polar surface area (TPSA) is 107 Å². The predicted octanol–water partition coefficient (Wildman–Crippen LogP) is 2.32. The molecule has 2 N–H and O–H groups in total. The van der Waals surface area contributed by atoms with E-state index in [1.54, 1.807) is 6.92 Å². The van der Waals surface area contributed by atoms with Crippen LogP contribution in [0, 0.1) is 23.0 Å². The van der Waals surface area contributed by atoms with Gasteiger partial charge in [-0.1, -0.05) is 19.9 Å². The highest BCUT2D eigenvalue weighted by molar-refractivity contribution is 7.89. The van der Waals surface area contributed by atoms with Crippen molar-refractivity contribution in [2.45, 2.75) is 38.1 Å². The van der Waals surface area contributed by atoms with Crippen LogP contribution in [-0.4, -0.2) is 37.3 Å². The van der Waals surface area contributed by atoms with Gasteiger partial charge < -0.3 is 5.73 Å². The summed E-state index contributed by atoms with van der Waals surface area (Å²) in [5.74, 6) is 0.260. The Morgan fingerprint density at radius 3 is 2.39 bits per heavy atom. The summed E-state index contributed by atoms with van der Waals surface area (Å²) in [4.78, 5) is 10.2. The van der Waals surface area contributed by atoms with Gasteiger partial charge in [0.25, 0.3) is 5.69 Å². The lowest BCUT2D eigenvalue weighted by molar-refractivity contribution is -0.385. The molecular formula is C14H24ClN3O4S. The second-order valence-corrected chi connectivity index (χ2v) is 7.74. The van der Waals surface area contributed by atoms with Gasteiger partial charge in [-0.25, -0.2) is 12.7 Å². The average Bonchev–Trinajstić information content (AvgIpc) is 2.43. The van der Waals surface area contributed by atoms with Crippen LogP contribution in [-0.2, 0) is 10.0 Å². The second kappa shape index (κ2) is 8.58. The van der Waals surface area contributed by atoms with E-state index in [-0.39, 0.29) is 41.5 Å². The molecule has 7 nitrogen and oxygen atoms in total. The van der Waals surface area contributed by atoms with Crippen molar-refractivity contribution in [1.29, 1.82) is 0 Å². The Kier molecular flexibility index (Phi) is 8.13. The van der Waals surface area contributed by atoms with Crippen LogP contribution in [0.25, 0.3) is 0 Å². The molecule has 0 bridgehead atoms. The number of nitrogens with zero attached hydrogens (tertiary/aromatic N) is 2. The Morgan fingerprint density at radius 1 is 1.35 bits per heavy atom. The second-order valence-electron chi connectivity index (χ2n) is 5.73. The minimum absolute atomic E-state index is 0. The SMILES string of the molecule is Cc1ccc([N+](=O)[O-])cc1S(=O)(=O)N(C)CCC(N)C(C)C.Cl.